The molecule has 136 valence electrons. The van der Waals surface area contributed by atoms with Gasteiger partial charge in [0.05, 0.1) is 0 Å². The predicted octanol–water partition coefficient (Wildman–Crippen LogP) is 5.49. The average Bonchev–Trinajstić information content (AvgIpc) is 3.12. The second-order valence-corrected chi connectivity index (χ2v) is 8.50. The fourth-order valence-corrected chi connectivity index (χ4v) is 5.17. The Hall–Kier alpha value is -1.78. The number of piperidine rings is 1. The average molecular weight is 367 g/mol. The fraction of sp³-hybridized carbons (Fsp3) is 0.409. The summed E-state index contributed by atoms with van der Waals surface area (Å²) in [6.07, 6.45) is 6.80. The molecule has 3 nitrogen and oxygen atoms in total. The molecule has 1 N–H and O–H groups in total. The van der Waals surface area contributed by atoms with Gasteiger partial charge in [0.2, 0.25) is 5.91 Å². The molecule has 2 unspecified atom stereocenters. The summed E-state index contributed by atoms with van der Waals surface area (Å²) in [4.78, 5) is 16.3. The van der Waals surface area contributed by atoms with Gasteiger partial charge in [0.15, 0.2) is 0 Å². The molecule has 4 heteroatoms. The zero-order valence-electron chi connectivity index (χ0n) is 15.3. The van der Waals surface area contributed by atoms with Gasteiger partial charge in [-0.2, -0.15) is 0 Å². The van der Waals surface area contributed by atoms with Crippen molar-refractivity contribution in [3.8, 4) is 0 Å². The van der Waals surface area contributed by atoms with Crippen LogP contribution in [0.1, 0.15) is 50.6 Å². The van der Waals surface area contributed by atoms with E-state index >= 15 is 0 Å². The second-order valence-electron chi connectivity index (χ2n) is 7.36. The minimum absolute atomic E-state index is 0.0380. The van der Waals surface area contributed by atoms with Crippen LogP contribution >= 0.6 is 11.8 Å². The van der Waals surface area contributed by atoms with Gasteiger partial charge in [0.25, 0.3) is 0 Å². The predicted molar refractivity (Wildman–Crippen MR) is 108 cm³/mol. The van der Waals surface area contributed by atoms with Crippen LogP contribution < -0.4 is 5.32 Å². The van der Waals surface area contributed by atoms with Crippen molar-refractivity contribution >= 4 is 23.4 Å². The number of rotatable bonds is 4. The maximum atomic E-state index is 11.1. The topological polar surface area (TPSA) is 32.3 Å². The van der Waals surface area contributed by atoms with E-state index in [1.54, 1.807) is 11.8 Å². The van der Waals surface area contributed by atoms with Crippen molar-refractivity contribution in [2.75, 3.05) is 11.9 Å². The standard InChI is InChI=1S/C22H26N2OS/c1-16(25)23-18-9-13-21(14-10-18)26-20-11-7-17(8-12-20)22-6-2-4-19-5-3-15-24(19)22/h7-14,19,22H,2-6,15H2,1H3,(H,23,25). The van der Waals surface area contributed by atoms with Crippen molar-refractivity contribution in [2.45, 2.75) is 60.9 Å². The van der Waals surface area contributed by atoms with Gasteiger partial charge in [-0.05, 0) is 80.6 Å². The zero-order chi connectivity index (χ0) is 17.9. The number of carbonyl (C=O) groups is 1. The van der Waals surface area contributed by atoms with Crippen LogP contribution in [0.3, 0.4) is 0 Å². The van der Waals surface area contributed by atoms with Crippen molar-refractivity contribution in [3.63, 3.8) is 0 Å². The lowest BCUT2D eigenvalue weighted by Gasteiger charge is -2.38. The number of hydrogen-bond donors (Lipinski definition) is 1. The molecule has 2 aromatic rings. The molecule has 2 atom stereocenters. The first-order chi connectivity index (χ1) is 12.7. The summed E-state index contributed by atoms with van der Waals surface area (Å²) >= 11 is 1.76. The monoisotopic (exact) mass is 366 g/mol. The van der Waals surface area contributed by atoms with Gasteiger partial charge in [-0.3, -0.25) is 9.69 Å². The van der Waals surface area contributed by atoms with Crippen LogP contribution in [-0.4, -0.2) is 23.4 Å². The third-order valence-electron chi connectivity index (χ3n) is 5.51. The number of nitrogens with zero attached hydrogens (tertiary/aromatic N) is 1. The lowest BCUT2D eigenvalue weighted by atomic mass is 9.92. The first-order valence-electron chi connectivity index (χ1n) is 9.60. The molecule has 2 fully saturated rings. The van der Waals surface area contributed by atoms with Gasteiger partial charge in [-0.25, -0.2) is 0 Å². The fourth-order valence-electron chi connectivity index (χ4n) is 4.35. The largest absolute Gasteiger partial charge is 0.326 e. The number of hydrogen-bond acceptors (Lipinski definition) is 3. The molecular weight excluding hydrogens is 340 g/mol. The van der Waals surface area contributed by atoms with Crippen molar-refractivity contribution in [1.82, 2.24) is 4.90 Å². The van der Waals surface area contributed by atoms with Crippen LogP contribution in [0.15, 0.2) is 58.3 Å². The van der Waals surface area contributed by atoms with Crippen LogP contribution in [0.4, 0.5) is 5.69 Å². The molecule has 0 saturated carbocycles. The Labute approximate surface area is 160 Å². The SMILES string of the molecule is CC(=O)Nc1ccc(Sc2ccc(C3CCCC4CCCN43)cc2)cc1. The van der Waals surface area contributed by atoms with Crippen molar-refractivity contribution in [1.29, 1.82) is 0 Å². The lowest BCUT2D eigenvalue weighted by molar-refractivity contribution is -0.114. The number of benzene rings is 2. The van der Waals surface area contributed by atoms with Gasteiger partial charge < -0.3 is 5.32 Å². The van der Waals surface area contributed by atoms with E-state index in [1.807, 2.05) is 12.1 Å². The molecule has 2 aliphatic heterocycles. The van der Waals surface area contributed by atoms with E-state index in [0.717, 1.165) is 11.7 Å². The van der Waals surface area contributed by atoms with E-state index in [1.165, 1.54) is 60.9 Å². The highest BCUT2D eigenvalue weighted by Crippen LogP contribution is 2.40. The van der Waals surface area contributed by atoms with Crippen LogP contribution in [-0.2, 0) is 4.79 Å². The van der Waals surface area contributed by atoms with E-state index in [0.29, 0.717) is 6.04 Å². The Bertz CT molecular complexity index is 757. The second kappa shape index (κ2) is 7.85. The molecule has 2 aromatic carbocycles. The Morgan fingerprint density at radius 3 is 2.31 bits per heavy atom. The van der Waals surface area contributed by atoms with Crippen LogP contribution in [0, 0.1) is 0 Å². The summed E-state index contributed by atoms with van der Waals surface area (Å²) in [6, 6.07) is 18.6. The summed E-state index contributed by atoms with van der Waals surface area (Å²) in [5.74, 6) is -0.0380. The molecule has 4 rings (SSSR count). The Morgan fingerprint density at radius 1 is 0.962 bits per heavy atom. The van der Waals surface area contributed by atoms with Crippen LogP contribution in [0.5, 0.6) is 0 Å². The smallest absolute Gasteiger partial charge is 0.221 e. The molecule has 2 heterocycles. The van der Waals surface area contributed by atoms with E-state index in [4.69, 9.17) is 0 Å². The summed E-state index contributed by atoms with van der Waals surface area (Å²) in [5.41, 5.74) is 2.32. The lowest BCUT2D eigenvalue weighted by Crippen LogP contribution is -2.37. The molecule has 26 heavy (non-hydrogen) atoms. The van der Waals surface area contributed by atoms with Gasteiger partial charge in [-0.1, -0.05) is 23.9 Å². The summed E-state index contributed by atoms with van der Waals surface area (Å²) in [7, 11) is 0. The zero-order valence-corrected chi connectivity index (χ0v) is 16.1. The van der Waals surface area contributed by atoms with Crippen molar-refractivity contribution in [3.05, 3.63) is 54.1 Å². The van der Waals surface area contributed by atoms with E-state index in [-0.39, 0.29) is 5.91 Å². The quantitative estimate of drug-likeness (QED) is 0.777. The Morgan fingerprint density at radius 2 is 1.62 bits per heavy atom. The highest BCUT2D eigenvalue weighted by molar-refractivity contribution is 7.99. The first kappa shape index (κ1) is 17.6. The summed E-state index contributed by atoms with van der Waals surface area (Å²) < 4.78 is 0. The minimum atomic E-state index is -0.0380. The van der Waals surface area contributed by atoms with Gasteiger partial charge >= 0.3 is 0 Å². The van der Waals surface area contributed by atoms with Crippen molar-refractivity contribution < 1.29 is 4.79 Å². The van der Waals surface area contributed by atoms with E-state index < -0.39 is 0 Å². The third-order valence-corrected chi connectivity index (χ3v) is 6.53. The molecule has 0 radical (unpaired) electrons. The highest BCUT2D eigenvalue weighted by atomic mass is 32.2. The normalized spacial score (nSPS) is 22.8. The van der Waals surface area contributed by atoms with Gasteiger partial charge in [0, 0.05) is 34.5 Å². The molecule has 0 aromatic heterocycles. The number of nitrogens with one attached hydrogen (secondary N) is 1. The third kappa shape index (κ3) is 3.97. The maximum absolute atomic E-state index is 11.1. The molecule has 0 aliphatic carbocycles. The van der Waals surface area contributed by atoms with Gasteiger partial charge in [0.1, 0.15) is 0 Å². The van der Waals surface area contributed by atoms with Crippen LogP contribution in [0.2, 0.25) is 0 Å². The van der Waals surface area contributed by atoms with Gasteiger partial charge in [-0.15, -0.1) is 0 Å². The summed E-state index contributed by atoms with van der Waals surface area (Å²) in [6.45, 7) is 2.80. The molecular formula is C22H26N2OS. The van der Waals surface area contributed by atoms with Crippen molar-refractivity contribution in [2.24, 2.45) is 0 Å². The molecule has 2 saturated heterocycles. The van der Waals surface area contributed by atoms with Crippen LogP contribution in [0.25, 0.3) is 0 Å². The minimum Gasteiger partial charge on any atom is -0.326 e. The Kier molecular flexibility index (Phi) is 5.32. The van der Waals surface area contributed by atoms with E-state index in [9.17, 15) is 4.79 Å². The molecule has 1 amide bonds. The number of fused-ring (bicyclic) bond motifs is 1. The Balaban J connectivity index is 1.42. The van der Waals surface area contributed by atoms with E-state index in [2.05, 4.69) is 46.6 Å². The molecule has 0 spiro atoms. The first-order valence-corrected chi connectivity index (χ1v) is 10.4. The molecule has 0 bridgehead atoms. The number of carbonyl (C=O) groups excluding carboxylic acids is 1. The highest BCUT2D eigenvalue weighted by Gasteiger charge is 2.34. The molecule has 2 aliphatic rings. The number of amides is 1. The summed E-state index contributed by atoms with van der Waals surface area (Å²) in [5, 5.41) is 2.81. The number of anilines is 1. The maximum Gasteiger partial charge on any atom is 0.221 e.